The molecule has 30 heavy (non-hydrogen) atoms. The van der Waals surface area contributed by atoms with E-state index in [1.165, 1.54) is 13.2 Å². The van der Waals surface area contributed by atoms with Crippen molar-refractivity contribution in [3.63, 3.8) is 0 Å². The first-order chi connectivity index (χ1) is 14.3. The Bertz CT molecular complexity index is 879. The van der Waals surface area contributed by atoms with Crippen LogP contribution in [0.25, 0.3) is 6.08 Å². The normalized spacial score (nSPS) is 11.3. The largest absolute Gasteiger partial charge is 0.494 e. The van der Waals surface area contributed by atoms with E-state index in [1.54, 1.807) is 54.6 Å². The van der Waals surface area contributed by atoms with Crippen molar-refractivity contribution in [3.8, 4) is 11.5 Å². The van der Waals surface area contributed by atoms with E-state index < -0.39 is 17.9 Å². The van der Waals surface area contributed by atoms with Crippen LogP contribution in [0.4, 0.5) is 0 Å². The van der Waals surface area contributed by atoms with E-state index >= 15 is 0 Å². The maximum Gasteiger partial charge on any atom is 0.343 e. The van der Waals surface area contributed by atoms with Crippen LogP contribution in [-0.4, -0.2) is 31.7 Å². The van der Waals surface area contributed by atoms with Gasteiger partial charge < -0.3 is 14.2 Å². The fraction of sp³-hybridized carbons (Fsp3) is 0.238. The molecule has 0 N–H and O–H groups in total. The Morgan fingerprint density at radius 3 is 2.40 bits per heavy atom. The molecule has 5 nitrogen and oxygen atoms in total. The van der Waals surface area contributed by atoms with Crippen LogP contribution in [0, 0.1) is 0 Å². The topological polar surface area (TPSA) is 61.8 Å². The van der Waals surface area contributed by atoms with Gasteiger partial charge in [-0.2, -0.15) is 0 Å². The zero-order valence-electron chi connectivity index (χ0n) is 16.3. The monoisotopic (exact) mass is 486 g/mol. The highest BCUT2D eigenvalue weighted by Crippen LogP contribution is 2.27. The average molecular weight is 488 g/mol. The Kier molecular flexibility index (Phi) is 9.72. The number of carbonyl (C=O) groups is 2. The molecule has 0 aliphatic carbocycles. The average Bonchev–Trinajstić information content (AvgIpc) is 2.71. The lowest BCUT2D eigenvalue weighted by Crippen LogP contribution is -2.09. The van der Waals surface area contributed by atoms with Gasteiger partial charge in [-0.25, -0.2) is 9.59 Å². The van der Waals surface area contributed by atoms with Crippen molar-refractivity contribution in [2.45, 2.75) is 18.9 Å². The number of ether oxygens (including phenoxy) is 3. The van der Waals surface area contributed by atoms with Gasteiger partial charge in [-0.1, -0.05) is 12.1 Å². The van der Waals surface area contributed by atoms with Crippen LogP contribution >= 0.6 is 33.2 Å². The first-order valence-electron chi connectivity index (χ1n) is 9.15. The lowest BCUT2D eigenvalue weighted by atomic mass is 10.2. The summed E-state index contributed by atoms with van der Waals surface area (Å²) in [4.78, 5) is 23.5. The Morgan fingerprint density at radius 2 is 1.73 bits per heavy atom. The molecule has 0 spiro atoms. The van der Waals surface area contributed by atoms with E-state index in [-0.39, 0.29) is 0 Å². The molecule has 0 unspecified atom stereocenters. The van der Waals surface area contributed by atoms with Crippen molar-refractivity contribution in [1.29, 1.82) is 0 Å². The standard InChI is InChI=1S/C21H21Cl3O5Si/c1-27-20(25)12-7-16-5-4-6-19(15-16)29-21(26)17-8-10-18(11-9-17)28-13-2-3-14-30(22,23)24/h4-12,15H,2-3,13-14H2,1H3. The number of unbranched alkanes of at least 4 members (excludes halogenated alkanes) is 1. The molecule has 0 saturated carbocycles. The summed E-state index contributed by atoms with van der Waals surface area (Å²) in [5.41, 5.74) is 1.09. The van der Waals surface area contributed by atoms with Gasteiger partial charge >= 0.3 is 17.9 Å². The first kappa shape index (κ1) is 24.3. The molecule has 0 aromatic heterocycles. The SMILES string of the molecule is COC(=O)C=Cc1cccc(OC(=O)c2ccc(OCCCC[Si](Cl)(Cl)Cl)cc2)c1. The Morgan fingerprint density at radius 1 is 1.00 bits per heavy atom. The summed E-state index contributed by atoms with van der Waals surface area (Å²) in [7, 11) is 1.30. The zero-order chi connectivity index (χ0) is 22.0. The van der Waals surface area contributed by atoms with Crippen molar-refractivity contribution in [2.24, 2.45) is 0 Å². The van der Waals surface area contributed by atoms with Crippen LogP contribution in [0.3, 0.4) is 0 Å². The van der Waals surface area contributed by atoms with Crippen LogP contribution in [0.15, 0.2) is 54.6 Å². The summed E-state index contributed by atoms with van der Waals surface area (Å²) in [5, 5.41) is 0. The van der Waals surface area contributed by atoms with Crippen molar-refractivity contribution >= 4 is 57.3 Å². The fourth-order valence-corrected chi connectivity index (χ4v) is 4.24. The summed E-state index contributed by atoms with van der Waals surface area (Å²) >= 11 is 17.5. The van der Waals surface area contributed by atoms with Crippen LogP contribution in [-0.2, 0) is 9.53 Å². The van der Waals surface area contributed by atoms with E-state index in [9.17, 15) is 9.59 Å². The van der Waals surface area contributed by atoms with Crippen LogP contribution in [0.1, 0.15) is 28.8 Å². The molecule has 2 rings (SSSR count). The molecule has 0 fully saturated rings. The molecule has 2 aromatic carbocycles. The second-order valence-electron chi connectivity index (χ2n) is 6.26. The Hall–Kier alpha value is -1.99. The minimum absolute atomic E-state index is 0.366. The molecular weight excluding hydrogens is 467 g/mol. The molecule has 9 heteroatoms. The minimum atomic E-state index is -2.57. The predicted octanol–water partition coefficient (Wildman–Crippen LogP) is 5.91. The lowest BCUT2D eigenvalue weighted by molar-refractivity contribution is -0.134. The molecule has 0 atom stereocenters. The smallest absolute Gasteiger partial charge is 0.343 e. The number of carbonyl (C=O) groups excluding carboxylic acids is 2. The van der Waals surface area contributed by atoms with E-state index in [1.807, 2.05) is 0 Å². The molecule has 2 aromatic rings. The van der Waals surface area contributed by atoms with E-state index in [0.717, 1.165) is 12.8 Å². The number of rotatable bonds is 10. The van der Waals surface area contributed by atoms with Crippen molar-refractivity contribution in [1.82, 2.24) is 0 Å². The Labute approximate surface area is 190 Å². The van der Waals surface area contributed by atoms with Crippen LogP contribution in [0.5, 0.6) is 11.5 Å². The molecule has 0 bridgehead atoms. The summed E-state index contributed by atoms with van der Waals surface area (Å²) in [5.74, 6) is 0.0487. The number of halogens is 3. The second kappa shape index (κ2) is 12.0. The highest BCUT2D eigenvalue weighted by molar-refractivity contribution is 7.64. The minimum Gasteiger partial charge on any atom is -0.494 e. The summed E-state index contributed by atoms with van der Waals surface area (Å²) in [6, 6.07) is 11.5. The van der Waals surface area contributed by atoms with Gasteiger partial charge in [-0.15, -0.1) is 33.2 Å². The van der Waals surface area contributed by atoms with Crippen LogP contribution < -0.4 is 9.47 Å². The third-order valence-electron chi connectivity index (χ3n) is 3.90. The number of methoxy groups -OCH3 is 1. The molecule has 0 heterocycles. The molecule has 0 aliphatic rings. The zero-order valence-corrected chi connectivity index (χ0v) is 19.5. The van der Waals surface area contributed by atoms with Gasteiger partial charge in [-0.3, -0.25) is 0 Å². The van der Waals surface area contributed by atoms with Crippen molar-refractivity contribution in [2.75, 3.05) is 13.7 Å². The number of hydrogen-bond donors (Lipinski definition) is 0. The second-order valence-corrected chi connectivity index (χ2v) is 15.5. The molecular formula is C21H21Cl3O5Si. The highest BCUT2D eigenvalue weighted by Gasteiger charge is 2.23. The van der Waals surface area contributed by atoms with Gasteiger partial charge in [0, 0.05) is 6.08 Å². The number of hydrogen-bond acceptors (Lipinski definition) is 5. The third kappa shape index (κ3) is 9.22. The summed E-state index contributed by atoms with van der Waals surface area (Å²) in [6.45, 7) is 0.505. The maximum atomic E-state index is 12.4. The van der Waals surface area contributed by atoms with E-state index in [4.69, 9.17) is 42.7 Å². The first-order valence-corrected chi connectivity index (χ1v) is 14.4. The van der Waals surface area contributed by atoms with Crippen molar-refractivity contribution < 1.29 is 23.8 Å². The Balaban J connectivity index is 1.86. The predicted molar refractivity (Wildman–Crippen MR) is 122 cm³/mol. The molecule has 160 valence electrons. The van der Waals surface area contributed by atoms with Gasteiger partial charge in [0.2, 0.25) is 0 Å². The lowest BCUT2D eigenvalue weighted by Gasteiger charge is -2.09. The summed E-state index contributed by atoms with van der Waals surface area (Å²) < 4.78 is 15.6. The quantitative estimate of drug-likeness (QED) is 0.104. The summed E-state index contributed by atoms with van der Waals surface area (Å²) in [6.07, 6.45) is 4.44. The van der Waals surface area contributed by atoms with Gasteiger partial charge in [-0.05, 0) is 66.9 Å². The number of benzene rings is 2. The van der Waals surface area contributed by atoms with E-state index in [2.05, 4.69) is 4.74 Å². The third-order valence-corrected chi connectivity index (χ3v) is 6.52. The molecule has 0 radical (unpaired) electrons. The van der Waals surface area contributed by atoms with Gasteiger partial charge in [0.15, 0.2) is 0 Å². The van der Waals surface area contributed by atoms with Crippen LogP contribution in [0.2, 0.25) is 6.04 Å². The van der Waals surface area contributed by atoms with Crippen molar-refractivity contribution in [3.05, 3.63) is 65.7 Å². The van der Waals surface area contributed by atoms with Gasteiger partial charge in [0.05, 0.1) is 19.3 Å². The van der Waals surface area contributed by atoms with Gasteiger partial charge in [0.25, 0.3) is 0 Å². The highest BCUT2D eigenvalue weighted by atomic mass is 35.8. The fourth-order valence-electron chi connectivity index (χ4n) is 2.38. The molecule has 0 saturated heterocycles. The van der Waals surface area contributed by atoms with Gasteiger partial charge in [0.1, 0.15) is 11.5 Å². The number of esters is 2. The van der Waals surface area contributed by atoms with E-state index in [0.29, 0.717) is 35.3 Å². The maximum absolute atomic E-state index is 12.4. The molecule has 0 aliphatic heterocycles. The molecule has 0 amide bonds.